The molecule has 3 aromatic heterocycles. The first-order chi connectivity index (χ1) is 17.7. The minimum absolute atomic E-state index is 0.147. The van der Waals surface area contributed by atoms with Gasteiger partial charge in [0.15, 0.2) is 0 Å². The number of nitrogens with one attached hydrogen (secondary N) is 1. The zero-order valence-corrected chi connectivity index (χ0v) is 21.3. The van der Waals surface area contributed by atoms with E-state index in [2.05, 4.69) is 15.5 Å². The summed E-state index contributed by atoms with van der Waals surface area (Å²) in [6.45, 7) is 3.58. The van der Waals surface area contributed by atoms with Crippen molar-refractivity contribution in [2.24, 2.45) is 0 Å². The van der Waals surface area contributed by atoms with Gasteiger partial charge in [0.05, 0.1) is 39.8 Å². The zero-order chi connectivity index (χ0) is 26.2. The summed E-state index contributed by atoms with van der Waals surface area (Å²) in [7, 11) is 1.71. The normalized spacial score (nSPS) is 11.6. The number of hydrogen-bond donors (Lipinski definition) is 2. The van der Waals surface area contributed by atoms with Crippen LogP contribution in [0.4, 0.5) is 11.6 Å². The van der Waals surface area contributed by atoms with E-state index in [4.69, 9.17) is 4.52 Å². The number of rotatable bonds is 7. The Morgan fingerprint density at radius 1 is 1.14 bits per heavy atom. The molecule has 0 aliphatic rings. The van der Waals surface area contributed by atoms with Crippen LogP contribution in [0.5, 0.6) is 0 Å². The first-order valence-electron chi connectivity index (χ1n) is 11.6. The molecule has 37 heavy (non-hydrogen) atoms. The molecule has 0 saturated heterocycles. The Labute approximate surface area is 217 Å². The topological polar surface area (TPSA) is 113 Å². The van der Waals surface area contributed by atoms with Crippen LogP contribution in [0.1, 0.15) is 33.9 Å². The number of imidazole rings is 1. The molecule has 2 amide bonds. The van der Waals surface area contributed by atoms with Gasteiger partial charge in [0.2, 0.25) is 5.95 Å². The van der Waals surface area contributed by atoms with E-state index in [1.807, 2.05) is 36.4 Å². The highest BCUT2D eigenvalue weighted by atomic mass is 32.1. The van der Waals surface area contributed by atoms with Crippen LogP contribution in [0, 0.1) is 0 Å². The first-order valence-corrected chi connectivity index (χ1v) is 12.4. The molecule has 188 valence electrons. The number of carbonyl (C=O) groups excluding carboxylic acids is 2. The van der Waals surface area contributed by atoms with E-state index in [9.17, 15) is 14.7 Å². The molecule has 0 atom stereocenters. The summed E-state index contributed by atoms with van der Waals surface area (Å²) < 4.78 is 6.66. The Morgan fingerprint density at radius 2 is 1.92 bits per heavy atom. The summed E-state index contributed by atoms with van der Waals surface area (Å²) in [5.74, 6) is -0.168. The van der Waals surface area contributed by atoms with Crippen LogP contribution in [0.3, 0.4) is 0 Å². The third kappa shape index (κ3) is 5.16. The van der Waals surface area contributed by atoms with Crippen molar-refractivity contribution in [2.45, 2.75) is 26.0 Å². The number of fused-ring (bicyclic) bond motifs is 1. The van der Waals surface area contributed by atoms with Crippen molar-refractivity contribution < 1.29 is 19.2 Å². The van der Waals surface area contributed by atoms with Gasteiger partial charge in [0.1, 0.15) is 6.26 Å². The summed E-state index contributed by atoms with van der Waals surface area (Å²) in [5.41, 5.74) is 2.27. The maximum atomic E-state index is 13.1. The number of carbonyl (C=O) groups is 2. The van der Waals surface area contributed by atoms with Crippen molar-refractivity contribution in [1.29, 1.82) is 0 Å². The predicted molar refractivity (Wildman–Crippen MR) is 143 cm³/mol. The second kappa shape index (κ2) is 9.64. The summed E-state index contributed by atoms with van der Waals surface area (Å²) in [6.07, 6.45) is 3.11. The van der Waals surface area contributed by atoms with E-state index in [1.165, 1.54) is 17.6 Å². The van der Waals surface area contributed by atoms with Crippen LogP contribution in [-0.2, 0) is 6.54 Å². The van der Waals surface area contributed by atoms with E-state index in [1.54, 1.807) is 60.8 Å². The molecule has 0 unspecified atom stereocenters. The molecule has 0 fully saturated rings. The predicted octanol–water partition coefficient (Wildman–Crippen LogP) is 5.05. The average Bonchev–Trinajstić information content (AvgIpc) is 3.63. The Balaban J connectivity index is 1.46. The van der Waals surface area contributed by atoms with Crippen LogP contribution in [0.15, 0.2) is 77.6 Å². The highest BCUT2D eigenvalue weighted by Crippen LogP contribution is 2.30. The van der Waals surface area contributed by atoms with Crippen molar-refractivity contribution in [2.75, 3.05) is 17.3 Å². The molecular formula is C27H25N5O4S. The monoisotopic (exact) mass is 515 g/mol. The van der Waals surface area contributed by atoms with Crippen LogP contribution < -0.4 is 10.2 Å². The Morgan fingerprint density at radius 3 is 2.62 bits per heavy atom. The van der Waals surface area contributed by atoms with Gasteiger partial charge in [-0.25, -0.2) is 4.98 Å². The molecule has 0 spiro atoms. The fourth-order valence-electron chi connectivity index (χ4n) is 3.97. The molecular weight excluding hydrogens is 490 g/mol. The number of hydrogen-bond acceptors (Lipinski definition) is 7. The first kappa shape index (κ1) is 24.4. The number of anilines is 2. The molecule has 0 aliphatic carbocycles. The van der Waals surface area contributed by atoms with Crippen molar-refractivity contribution in [3.63, 3.8) is 0 Å². The van der Waals surface area contributed by atoms with Gasteiger partial charge in [0, 0.05) is 23.2 Å². The molecule has 0 saturated carbocycles. The highest BCUT2D eigenvalue weighted by molar-refractivity contribution is 7.17. The largest absolute Gasteiger partial charge is 0.389 e. The van der Waals surface area contributed by atoms with Crippen molar-refractivity contribution >= 4 is 45.8 Å². The van der Waals surface area contributed by atoms with E-state index < -0.39 is 5.60 Å². The van der Waals surface area contributed by atoms with Gasteiger partial charge in [0.25, 0.3) is 11.8 Å². The maximum Gasteiger partial charge on any atom is 0.268 e. The summed E-state index contributed by atoms with van der Waals surface area (Å²) >= 11 is 1.31. The number of nitrogens with zero attached hydrogens (tertiary/aromatic N) is 4. The van der Waals surface area contributed by atoms with Crippen LogP contribution in [-0.4, -0.2) is 44.3 Å². The summed E-state index contributed by atoms with van der Waals surface area (Å²) in [6, 6.07) is 18.0. The van der Waals surface area contributed by atoms with Gasteiger partial charge in [-0.05, 0) is 56.3 Å². The smallest absolute Gasteiger partial charge is 0.268 e. The fourth-order valence-corrected chi connectivity index (χ4v) is 4.84. The second-order valence-electron chi connectivity index (χ2n) is 9.27. The number of thiophene rings is 1. The van der Waals surface area contributed by atoms with Gasteiger partial charge in [-0.15, -0.1) is 11.3 Å². The van der Waals surface area contributed by atoms with E-state index in [0.29, 0.717) is 27.6 Å². The lowest BCUT2D eigenvalue weighted by Crippen LogP contribution is -2.27. The van der Waals surface area contributed by atoms with Gasteiger partial charge in [-0.3, -0.25) is 14.9 Å². The van der Waals surface area contributed by atoms with E-state index in [-0.39, 0.29) is 18.4 Å². The molecule has 0 radical (unpaired) electrons. The lowest BCUT2D eigenvalue weighted by atomic mass is 10.1. The fraction of sp³-hybridized carbons (Fsp3) is 0.185. The van der Waals surface area contributed by atoms with Gasteiger partial charge in [-0.1, -0.05) is 23.4 Å². The molecule has 2 N–H and O–H groups in total. The van der Waals surface area contributed by atoms with Gasteiger partial charge in [-0.2, -0.15) is 0 Å². The molecule has 5 rings (SSSR count). The number of benzene rings is 2. The molecule has 0 aliphatic heterocycles. The maximum absolute atomic E-state index is 13.1. The lowest BCUT2D eigenvalue weighted by Gasteiger charge is -2.20. The van der Waals surface area contributed by atoms with E-state index in [0.717, 1.165) is 16.0 Å². The third-order valence-electron chi connectivity index (χ3n) is 5.76. The average molecular weight is 516 g/mol. The third-order valence-corrected chi connectivity index (χ3v) is 6.89. The molecule has 10 heteroatoms. The van der Waals surface area contributed by atoms with Gasteiger partial charge < -0.3 is 19.1 Å². The van der Waals surface area contributed by atoms with Crippen molar-refractivity contribution in [3.05, 3.63) is 83.6 Å². The van der Waals surface area contributed by atoms with Gasteiger partial charge >= 0.3 is 0 Å². The SMILES string of the molecule is CN(C(=O)c1ccccc1)c1ccc2c(c1)nc(NC(=O)c1ccc(-c3cnoc3)s1)n2CC(C)(C)O. The highest BCUT2D eigenvalue weighted by Gasteiger charge is 2.23. The zero-order valence-electron chi connectivity index (χ0n) is 20.5. The molecule has 5 aromatic rings. The Kier molecular flexibility index (Phi) is 6.36. The second-order valence-corrected chi connectivity index (χ2v) is 10.4. The minimum Gasteiger partial charge on any atom is -0.389 e. The van der Waals surface area contributed by atoms with Crippen LogP contribution in [0.2, 0.25) is 0 Å². The number of aromatic nitrogens is 3. The molecule has 2 aromatic carbocycles. The van der Waals surface area contributed by atoms with Crippen LogP contribution >= 0.6 is 11.3 Å². The molecule has 0 bridgehead atoms. The van der Waals surface area contributed by atoms with Crippen LogP contribution in [0.25, 0.3) is 21.5 Å². The van der Waals surface area contributed by atoms with Crippen molar-refractivity contribution in [1.82, 2.24) is 14.7 Å². The van der Waals surface area contributed by atoms with E-state index >= 15 is 0 Å². The Bertz CT molecular complexity index is 1570. The quantitative estimate of drug-likeness (QED) is 0.314. The molecule has 9 nitrogen and oxygen atoms in total. The van der Waals surface area contributed by atoms with Crippen molar-refractivity contribution in [3.8, 4) is 10.4 Å². The Hall–Kier alpha value is -4.28. The minimum atomic E-state index is -1.06. The lowest BCUT2D eigenvalue weighted by molar-refractivity contribution is 0.0630. The number of aliphatic hydroxyl groups is 1. The number of amides is 2. The summed E-state index contributed by atoms with van der Waals surface area (Å²) in [4.78, 5) is 33.6. The summed E-state index contributed by atoms with van der Waals surface area (Å²) in [5, 5.41) is 17.1. The molecule has 3 heterocycles. The standard InChI is InChI=1S/C27H25N5O4S/c1-27(2,35)16-32-21-10-9-19(31(3)25(34)17-7-5-4-6-8-17)13-20(21)29-26(32)30-24(33)23-12-11-22(37-23)18-14-28-36-15-18/h4-15,35H,16H2,1-3H3,(H,29,30,33).